The standard InChI is InChI=1S/C28H27N5O4/c29-27(36)37-25-15-14-22(18-30-25)20-9-8-10-21(17-20)26(35)32-28-31-23(11-4-1-2-7-16-34)19-33(28)24-12-5-3-6-13-24/h3,5-6,8-10,12-19H,1-2,4,7,11H2,(H2,29,36)(H,31,32,35). The number of aromatic nitrogens is 3. The van der Waals surface area contributed by atoms with E-state index in [2.05, 4.69) is 15.3 Å². The second-order valence-electron chi connectivity index (χ2n) is 8.37. The van der Waals surface area contributed by atoms with Gasteiger partial charge in [0.1, 0.15) is 6.29 Å². The number of pyridine rings is 1. The van der Waals surface area contributed by atoms with Gasteiger partial charge in [-0.15, -0.1) is 0 Å². The van der Waals surface area contributed by atoms with Crippen molar-refractivity contribution in [2.45, 2.75) is 32.1 Å². The van der Waals surface area contributed by atoms with Crippen LogP contribution in [0.3, 0.4) is 0 Å². The number of nitrogens with zero attached hydrogens (tertiary/aromatic N) is 3. The number of hydrogen-bond donors (Lipinski definition) is 2. The number of nitrogens with one attached hydrogen (secondary N) is 1. The number of aldehydes is 1. The summed E-state index contributed by atoms with van der Waals surface area (Å²) in [6.07, 6.45) is 7.51. The number of aryl methyl sites for hydroxylation is 1. The highest BCUT2D eigenvalue weighted by Crippen LogP contribution is 2.23. The number of nitrogens with two attached hydrogens (primary N) is 1. The van der Waals surface area contributed by atoms with Crippen molar-refractivity contribution in [2.75, 3.05) is 5.32 Å². The second-order valence-corrected chi connectivity index (χ2v) is 8.37. The Morgan fingerprint density at radius 1 is 0.973 bits per heavy atom. The molecule has 2 amide bonds. The van der Waals surface area contributed by atoms with Crippen molar-refractivity contribution in [2.24, 2.45) is 5.73 Å². The molecule has 188 valence electrons. The van der Waals surface area contributed by atoms with E-state index in [9.17, 15) is 14.4 Å². The van der Waals surface area contributed by atoms with Gasteiger partial charge >= 0.3 is 6.09 Å². The number of benzene rings is 2. The number of amides is 2. The van der Waals surface area contributed by atoms with Crippen LogP contribution in [0.4, 0.5) is 10.7 Å². The molecular formula is C28H27N5O4. The van der Waals surface area contributed by atoms with Crippen molar-refractivity contribution in [3.05, 3.63) is 90.4 Å². The fourth-order valence-electron chi connectivity index (χ4n) is 3.86. The molecule has 3 N–H and O–H groups in total. The molecule has 0 spiro atoms. The second kappa shape index (κ2) is 12.3. The lowest BCUT2D eigenvalue weighted by Gasteiger charge is -2.10. The van der Waals surface area contributed by atoms with Crippen LogP contribution in [0, 0.1) is 0 Å². The van der Waals surface area contributed by atoms with Gasteiger partial charge < -0.3 is 15.3 Å². The predicted octanol–water partition coefficient (Wildman–Crippen LogP) is 4.95. The van der Waals surface area contributed by atoms with Crippen molar-refractivity contribution in [3.8, 4) is 22.7 Å². The first-order chi connectivity index (χ1) is 18.0. The molecule has 9 nitrogen and oxygen atoms in total. The van der Waals surface area contributed by atoms with E-state index in [0.717, 1.165) is 54.5 Å². The number of anilines is 1. The zero-order chi connectivity index (χ0) is 26.0. The van der Waals surface area contributed by atoms with Crippen LogP contribution in [0.1, 0.15) is 41.7 Å². The first kappa shape index (κ1) is 25.3. The number of para-hydroxylation sites is 1. The zero-order valence-electron chi connectivity index (χ0n) is 20.2. The molecule has 37 heavy (non-hydrogen) atoms. The van der Waals surface area contributed by atoms with Gasteiger partial charge in [-0.3, -0.25) is 14.7 Å². The number of unbranched alkanes of at least 4 members (excludes halogenated alkanes) is 3. The van der Waals surface area contributed by atoms with Crippen molar-refractivity contribution in [1.29, 1.82) is 0 Å². The molecule has 4 rings (SSSR count). The monoisotopic (exact) mass is 497 g/mol. The Morgan fingerprint density at radius 2 is 1.81 bits per heavy atom. The molecule has 0 fully saturated rings. The smallest absolute Gasteiger partial charge is 0.391 e. The minimum absolute atomic E-state index is 0.0949. The van der Waals surface area contributed by atoms with E-state index in [1.54, 1.807) is 30.5 Å². The highest BCUT2D eigenvalue weighted by atomic mass is 16.6. The minimum Gasteiger partial charge on any atom is -0.391 e. The molecule has 0 unspecified atom stereocenters. The van der Waals surface area contributed by atoms with Gasteiger partial charge in [0.05, 0.1) is 5.69 Å². The molecule has 9 heteroatoms. The van der Waals surface area contributed by atoms with Crippen LogP contribution in [0.15, 0.2) is 79.1 Å². The van der Waals surface area contributed by atoms with Crippen molar-refractivity contribution >= 4 is 24.2 Å². The highest BCUT2D eigenvalue weighted by Gasteiger charge is 2.15. The lowest BCUT2D eigenvalue weighted by molar-refractivity contribution is -0.107. The van der Waals surface area contributed by atoms with Crippen LogP contribution in [0.2, 0.25) is 0 Å². The lowest BCUT2D eigenvalue weighted by atomic mass is 10.0. The van der Waals surface area contributed by atoms with Crippen LogP contribution in [-0.4, -0.2) is 32.8 Å². The summed E-state index contributed by atoms with van der Waals surface area (Å²) in [5.41, 5.74) is 8.73. The molecule has 0 bridgehead atoms. The van der Waals surface area contributed by atoms with E-state index < -0.39 is 6.09 Å². The fraction of sp³-hybridized carbons (Fsp3) is 0.179. The van der Waals surface area contributed by atoms with Gasteiger partial charge in [-0.1, -0.05) is 36.8 Å². The third-order valence-electron chi connectivity index (χ3n) is 5.67. The quantitative estimate of drug-likeness (QED) is 0.223. The van der Waals surface area contributed by atoms with Crippen LogP contribution in [0.5, 0.6) is 5.88 Å². The molecule has 0 saturated carbocycles. The van der Waals surface area contributed by atoms with Gasteiger partial charge in [-0.25, -0.2) is 14.8 Å². The van der Waals surface area contributed by atoms with Gasteiger partial charge in [0, 0.05) is 41.7 Å². The van der Waals surface area contributed by atoms with Gasteiger partial charge in [0.25, 0.3) is 5.91 Å². The largest absolute Gasteiger partial charge is 0.411 e. The Balaban J connectivity index is 1.52. The molecular weight excluding hydrogens is 470 g/mol. The molecule has 0 aliphatic carbocycles. The Morgan fingerprint density at radius 3 is 2.54 bits per heavy atom. The molecule has 2 heterocycles. The van der Waals surface area contributed by atoms with E-state index in [4.69, 9.17) is 10.5 Å². The van der Waals surface area contributed by atoms with Gasteiger partial charge in [-0.05, 0) is 55.2 Å². The topological polar surface area (TPSA) is 129 Å². The minimum atomic E-state index is -0.936. The summed E-state index contributed by atoms with van der Waals surface area (Å²) in [4.78, 5) is 43.4. The van der Waals surface area contributed by atoms with Gasteiger partial charge in [-0.2, -0.15) is 0 Å². The van der Waals surface area contributed by atoms with E-state index in [1.807, 2.05) is 47.2 Å². The van der Waals surface area contributed by atoms with Crippen LogP contribution in [-0.2, 0) is 11.2 Å². The Labute approximate surface area is 214 Å². The molecule has 4 aromatic rings. The molecule has 0 radical (unpaired) electrons. The molecule has 0 saturated heterocycles. The SMILES string of the molecule is NC(=O)Oc1ccc(-c2cccc(C(=O)Nc3nc(CCCCCC=O)cn3-c3ccccc3)c2)cn1. The van der Waals surface area contributed by atoms with Crippen molar-refractivity contribution in [1.82, 2.24) is 14.5 Å². The van der Waals surface area contributed by atoms with Crippen LogP contribution >= 0.6 is 0 Å². The average Bonchev–Trinajstić information content (AvgIpc) is 3.31. The Hall–Kier alpha value is -4.79. The summed E-state index contributed by atoms with van der Waals surface area (Å²) in [6, 6.07) is 20.1. The Kier molecular flexibility index (Phi) is 8.38. The van der Waals surface area contributed by atoms with Gasteiger partial charge in [0.15, 0.2) is 0 Å². The van der Waals surface area contributed by atoms with E-state index in [0.29, 0.717) is 17.9 Å². The number of hydrogen-bond acceptors (Lipinski definition) is 6. The molecule has 0 aliphatic heterocycles. The number of primary amides is 1. The van der Waals surface area contributed by atoms with Crippen molar-refractivity contribution in [3.63, 3.8) is 0 Å². The summed E-state index contributed by atoms with van der Waals surface area (Å²) in [6.45, 7) is 0. The van der Waals surface area contributed by atoms with Crippen LogP contribution < -0.4 is 15.8 Å². The normalized spacial score (nSPS) is 10.6. The lowest BCUT2D eigenvalue weighted by Crippen LogP contribution is -2.16. The summed E-state index contributed by atoms with van der Waals surface area (Å²) in [5, 5.41) is 2.95. The number of ether oxygens (including phenoxy) is 1. The number of carbonyl (C=O) groups excluding carboxylic acids is 3. The van der Waals surface area contributed by atoms with E-state index in [-0.39, 0.29) is 11.8 Å². The predicted molar refractivity (Wildman–Crippen MR) is 140 cm³/mol. The first-order valence-electron chi connectivity index (χ1n) is 12.0. The molecule has 2 aromatic heterocycles. The van der Waals surface area contributed by atoms with E-state index in [1.165, 1.54) is 6.07 Å². The molecule has 2 aromatic carbocycles. The maximum atomic E-state index is 13.2. The number of carbonyl (C=O) groups is 3. The Bertz CT molecular complexity index is 1370. The first-order valence-corrected chi connectivity index (χ1v) is 12.0. The third-order valence-corrected chi connectivity index (χ3v) is 5.67. The summed E-state index contributed by atoms with van der Waals surface area (Å²) in [7, 11) is 0. The van der Waals surface area contributed by atoms with Gasteiger partial charge in [0.2, 0.25) is 11.8 Å². The average molecular weight is 498 g/mol. The van der Waals surface area contributed by atoms with Crippen molar-refractivity contribution < 1.29 is 19.1 Å². The highest BCUT2D eigenvalue weighted by molar-refractivity contribution is 6.04. The number of imidazole rings is 1. The fourth-order valence-corrected chi connectivity index (χ4v) is 3.86. The summed E-state index contributed by atoms with van der Waals surface area (Å²) < 4.78 is 6.63. The van der Waals surface area contributed by atoms with Crippen LogP contribution in [0.25, 0.3) is 16.8 Å². The summed E-state index contributed by atoms with van der Waals surface area (Å²) >= 11 is 0. The third kappa shape index (κ3) is 6.88. The number of rotatable bonds is 11. The maximum absolute atomic E-state index is 13.2. The molecule has 0 aliphatic rings. The zero-order valence-corrected chi connectivity index (χ0v) is 20.2. The summed E-state index contributed by atoms with van der Waals surface area (Å²) in [5.74, 6) is 0.223. The molecule has 0 atom stereocenters. The van der Waals surface area contributed by atoms with E-state index >= 15 is 0 Å². The maximum Gasteiger partial charge on any atom is 0.411 e.